The van der Waals surface area contributed by atoms with Crippen molar-refractivity contribution in [1.29, 1.82) is 0 Å². The Labute approximate surface area is 192 Å². The molecular formula is C24H25BN4O4. The SMILES string of the molecule is COc1ccc(-n2cc(CCC(=O)N[C@@H](Cc3ccc4ccccc4c3)B(O)O)nn2)cc1. The van der Waals surface area contributed by atoms with Crippen molar-refractivity contribution in [3.8, 4) is 11.4 Å². The number of carbonyl (C=O) groups is 1. The molecule has 0 aliphatic rings. The van der Waals surface area contributed by atoms with Crippen molar-refractivity contribution < 1.29 is 19.6 Å². The summed E-state index contributed by atoms with van der Waals surface area (Å²) in [5, 5.41) is 32.7. The topological polar surface area (TPSA) is 110 Å². The molecule has 1 amide bonds. The van der Waals surface area contributed by atoms with Gasteiger partial charge in [-0.3, -0.25) is 4.79 Å². The van der Waals surface area contributed by atoms with Crippen LogP contribution in [0.3, 0.4) is 0 Å². The summed E-state index contributed by atoms with van der Waals surface area (Å²) in [6.07, 6.45) is 2.61. The van der Waals surface area contributed by atoms with Crippen LogP contribution in [0, 0.1) is 0 Å². The molecule has 0 fully saturated rings. The summed E-state index contributed by atoms with van der Waals surface area (Å²) < 4.78 is 6.79. The van der Waals surface area contributed by atoms with Gasteiger partial charge in [0.2, 0.25) is 5.91 Å². The number of benzene rings is 3. The van der Waals surface area contributed by atoms with Gasteiger partial charge in [-0.2, -0.15) is 0 Å². The molecule has 1 aromatic heterocycles. The summed E-state index contributed by atoms with van der Waals surface area (Å²) in [5.41, 5.74) is 2.41. The summed E-state index contributed by atoms with van der Waals surface area (Å²) >= 11 is 0. The first-order valence-corrected chi connectivity index (χ1v) is 10.7. The molecule has 0 radical (unpaired) electrons. The van der Waals surface area contributed by atoms with E-state index in [-0.39, 0.29) is 12.3 Å². The van der Waals surface area contributed by atoms with Gasteiger partial charge in [0.1, 0.15) is 5.75 Å². The van der Waals surface area contributed by atoms with Crippen LogP contribution in [-0.4, -0.2) is 51.1 Å². The van der Waals surface area contributed by atoms with E-state index in [1.54, 1.807) is 18.0 Å². The molecule has 4 aromatic rings. The largest absolute Gasteiger partial charge is 0.497 e. The molecule has 0 saturated carbocycles. The summed E-state index contributed by atoms with van der Waals surface area (Å²) in [4.78, 5) is 12.5. The highest BCUT2D eigenvalue weighted by Crippen LogP contribution is 2.17. The van der Waals surface area contributed by atoms with E-state index in [1.807, 2.05) is 66.7 Å². The second-order valence-electron chi connectivity index (χ2n) is 7.83. The lowest BCUT2D eigenvalue weighted by molar-refractivity contribution is -0.121. The van der Waals surface area contributed by atoms with Crippen LogP contribution < -0.4 is 10.1 Å². The van der Waals surface area contributed by atoms with Crippen molar-refractivity contribution in [2.75, 3.05) is 7.11 Å². The molecule has 0 unspecified atom stereocenters. The van der Waals surface area contributed by atoms with Crippen LogP contribution in [0.1, 0.15) is 17.7 Å². The number of carbonyl (C=O) groups excluding carboxylic acids is 1. The fourth-order valence-electron chi connectivity index (χ4n) is 3.65. The number of aromatic nitrogens is 3. The van der Waals surface area contributed by atoms with E-state index in [4.69, 9.17) is 4.74 Å². The molecule has 1 heterocycles. The average Bonchev–Trinajstić information content (AvgIpc) is 3.31. The Balaban J connectivity index is 1.34. The van der Waals surface area contributed by atoms with Gasteiger partial charge in [-0.25, -0.2) is 4.68 Å². The molecule has 33 heavy (non-hydrogen) atoms. The number of aryl methyl sites for hydroxylation is 1. The van der Waals surface area contributed by atoms with Gasteiger partial charge in [-0.1, -0.05) is 47.7 Å². The molecule has 3 aromatic carbocycles. The number of amides is 1. The lowest BCUT2D eigenvalue weighted by atomic mass is 9.75. The Kier molecular flexibility index (Phi) is 7.02. The Morgan fingerprint density at radius 2 is 1.85 bits per heavy atom. The first kappa shape index (κ1) is 22.5. The second kappa shape index (κ2) is 10.3. The number of methoxy groups -OCH3 is 1. The van der Waals surface area contributed by atoms with Crippen molar-refractivity contribution in [2.45, 2.75) is 25.2 Å². The molecule has 0 aliphatic carbocycles. The Morgan fingerprint density at radius 1 is 1.09 bits per heavy atom. The van der Waals surface area contributed by atoms with Crippen molar-refractivity contribution in [2.24, 2.45) is 0 Å². The van der Waals surface area contributed by atoms with Gasteiger partial charge < -0.3 is 20.1 Å². The minimum Gasteiger partial charge on any atom is -0.497 e. The third-order valence-corrected chi connectivity index (χ3v) is 5.46. The number of nitrogens with zero attached hydrogens (tertiary/aromatic N) is 3. The van der Waals surface area contributed by atoms with E-state index >= 15 is 0 Å². The summed E-state index contributed by atoms with van der Waals surface area (Å²) in [6, 6.07) is 21.3. The van der Waals surface area contributed by atoms with Crippen molar-refractivity contribution >= 4 is 23.8 Å². The van der Waals surface area contributed by atoms with E-state index in [2.05, 4.69) is 15.6 Å². The fraction of sp³-hybridized carbons (Fsp3) is 0.208. The molecule has 1 atom stereocenters. The molecule has 0 aliphatic heterocycles. The molecule has 0 bridgehead atoms. The Hall–Kier alpha value is -3.69. The van der Waals surface area contributed by atoms with Crippen molar-refractivity contribution in [3.05, 3.63) is 84.2 Å². The predicted molar refractivity (Wildman–Crippen MR) is 126 cm³/mol. The van der Waals surface area contributed by atoms with Crippen molar-refractivity contribution in [1.82, 2.24) is 20.3 Å². The highest BCUT2D eigenvalue weighted by atomic mass is 16.5. The number of fused-ring (bicyclic) bond motifs is 1. The van der Waals surface area contributed by atoms with E-state index in [1.165, 1.54) is 0 Å². The van der Waals surface area contributed by atoms with Crippen LogP contribution in [0.25, 0.3) is 16.5 Å². The van der Waals surface area contributed by atoms with Gasteiger partial charge in [0, 0.05) is 12.8 Å². The second-order valence-corrected chi connectivity index (χ2v) is 7.83. The quantitative estimate of drug-likeness (QED) is 0.341. The molecule has 0 spiro atoms. The third kappa shape index (κ3) is 5.77. The predicted octanol–water partition coefficient (Wildman–Crippen LogP) is 2.10. The van der Waals surface area contributed by atoms with Gasteiger partial charge in [0.15, 0.2) is 0 Å². The maximum absolute atomic E-state index is 12.5. The van der Waals surface area contributed by atoms with Gasteiger partial charge >= 0.3 is 7.12 Å². The van der Waals surface area contributed by atoms with Crippen LogP contribution in [0.4, 0.5) is 0 Å². The first-order valence-electron chi connectivity index (χ1n) is 10.7. The Bertz CT molecular complexity index is 1230. The highest BCUT2D eigenvalue weighted by Gasteiger charge is 2.25. The molecule has 3 N–H and O–H groups in total. The summed E-state index contributed by atoms with van der Waals surface area (Å²) in [5.74, 6) is -0.346. The van der Waals surface area contributed by atoms with E-state index in [9.17, 15) is 14.8 Å². The minimum atomic E-state index is -1.67. The fourth-order valence-corrected chi connectivity index (χ4v) is 3.65. The highest BCUT2D eigenvalue weighted by molar-refractivity contribution is 6.43. The van der Waals surface area contributed by atoms with Crippen LogP contribution in [-0.2, 0) is 17.6 Å². The monoisotopic (exact) mass is 444 g/mol. The van der Waals surface area contributed by atoms with E-state index in [0.29, 0.717) is 18.5 Å². The lowest BCUT2D eigenvalue weighted by Crippen LogP contribution is -2.48. The Morgan fingerprint density at radius 3 is 2.58 bits per heavy atom. The van der Waals surface area contributed by atoms with Crippen LogP contribution in [0.5, 0.6) is 5.75 Å². The minimum absolute atomic E-state index is 0.155. The molecule has 4 rings (SSSR count). The van der Waals surface area contributed by atoms with Gasteiger partial charge in [0.05, 0.1) is 30.6 Å². The zero-order chi connectivity index (χ0) is 23.2. The zero-order valence-electron chi connectivity index (χ0n) is 18.3. The van der Waals surface area contributed by atoms with Crippen LogP contribution >= 0.6 is 0 Å². The van der Waals surface area contributed by atoms with E-state index in [0.717, 1.165) is 27.8 Å². The van der Waals surface area contributed by atoms with Gasteiger partial charge in [-0.05, 0) is 47.0 Å². The van der Waals surface area contributed by atoms with Crippen LogP contribution in [0.15, 0.2) is 72.9 Å². The van der Waals surface area contributed by atoms with Crippen molar-refractivity contribution in [3.63, 3.8) is 0 Å². The smallest absolute Gasteiger partial charge is 0.475 e. The zero-order valence-corrected chi connectivity index (χ0v) is 18.3. The third-order valence-electron chi connectivity index (χ3n) is 5.46. The van der Waals surface area contributed by atoms with Crippen LogP contribution in [0.2, 0.25) is 0 Å². The summed E-state index contributed by atoms with van der Waals surface area (Å²) in [7, 11) is -0.0631. The van der Waals surface area contributed by atoms with Gasteiger partial charge in [-0.15, -0.1) is 5.10 Å². The number of rotatable bonds is 9. The molecule has 0 saturated heterocycles. The van der Waals surface area contributed by atoms with Gasteiger partial charge in [0.25, 0.3) is 0 Å². The first-order chi connectivity index (χ1) is 16.0. The number of hydrogen-bond donors (Lipinski definition) is 3. The number of ether oxygens (including phenoxy) is 1. The number of nitrogens with one attached hydrogen (secondary N) is 1. The van der Waals surface area contributed by atoms with E-state index < -0.39 is 13.1 Å². The molecule has 8 nitrogen and oxygen atoms in total. The maximum atomic E-state index is 12.5. The normalized spacial score (nSPS) is 11.8. The standard InChI is InChI=1S/C24H25BN4O4/c1-33-22-11-9-21(10-12-22)29-16-20(27-28-29)8-13-24(30)26-23(25(31)32)15-17-6-7-18-4-2-3-5-19(18)14-17/h2-7,9-12,14,16,23,31-32H,8,13,15H2,1H3,(H,26,30)/t23-/m0/s1. The maximum Gasteiger partial charge on any atom is 0.475 e. The lowest BCUT2D eigenvalue weighted by Gasteiger charge is -2.18. The molecule has 9 heteroatoms. The number of hydrogen-bond acceptors (Lipinski definition) is 6. The molecule has 168 valence electrons. The molecular weight excluding hydrogens is 419 g/mol. The average molecular weight is 444 g/mol. The summed E-state index contributed by atoms with van der Waals surface area (Å²) in [6.45, 7) is 0.